The van der Waals surface area contributed by atoms with Gasteiger partial charge >= 0.3 is 0 Å². The average molecular weight is 478 g/mol. The molecule has 1 heterocycles. The van der Waals surface area contributed by atoms with E-state index in [1.54, 1.807) is 36.4 Å². The van der Waals surface area contributed by atoms with Crippen LogP contribution in [0.2, 0.25) is 0 Å². The Hall–Kier alpha value is -3.65. The molecule has 1 atom stereocenters. The second-order valence-electron chi connectivity index (χ2n) is 8.39. The van der Waals surface area contributed by atoms with Gasteiger partial charge in [0.2, 0.25) is 10.0 Å². The van der Waals surface area contributed by atoms with E-state index >= 15 is 0 Å². The Bertz CT molecular complexity index is 1390. The fourth-order valence-electron chi connectivity index (χ4n) is 3.78. The third kappa shape index (κ3) is 5.12. The molecule has 0 radical (unpaired) electrons. The molecule has 2 aromatic carbocycles. The lowest BCUT2D eigenvalue weighted by Gasteiger charge is -2.20. The number of allylic oxidation sites excluding steroid dienone is 3. The molecular formula is C26H27N3O4S. The monoisotopic (exact) mass is 477 g/mol. The summed E-state index contributed by atoms with van der Waals surface area (Å²) < 4.78 is 34.8. The van der Waals surface area contributed by atoms with Gasteiger partial charge in [-0.1, -0.05) is 44.2 Å². The zero-order chi connectivity index (χ0) is 24.3. The van der Waals surface area contributed by atoms with Crippen molar-refractivity contribution in [2.75, 3.05) is 11.8 Å². The molecule has 34 heavy (non-hydrogen) atoms. The Balaban J connectivity index is 1.55. The SMILES string of the molecule is CNC(=O)c1cc(Oc2ccc3c(NS(=O)(=O)C4C=CC(C(C)C)=CC4)cccc3c2)ccn1. The van der Waals surface area contributed by atoms with Crippen molar-refractivity contribution in [3.05, 3.63) is 84.2 Å². The average Bonchev–Trinajstić information content (AvgIpc) is 2.83. The van der Waals surface area contributed by atoms with Crippen molar-refractivity contribution < 1.29 is 17.9 Å². The van der Waals surface area contributed by atoms with E-state index in [1.165, 1.54) is 13.2 Å². The predicted octanol–water partition coefficient (Wildman–Crippen LogP) is 5.04. The maximum absolute atomic E-state index is 13.0. The van der Waals surface area contributed by atoms with Crippen molar-refractivity contribution in [3.8, 4) is 11.5 Å². The Morgan fingerprint density at radius 3 is 2.62 bits per heavy atom. The van der Waals surface area contributed by atoms with E-state index in [0.717, 1.165) is 16.3 Å². The van der Waals surface area contributed by atoms with Crippen LogP contribution in [0.1, 0.15) is 30.8 Å². The molecule has 1 aliphatic rings. The summed E-state index contributed by atoms with van der Waals surface area (Å²) in [5.74, 6) is 1.10. The largest absolute Gasteiger partial charge is 0.457 e. The highest BCUT2D eigenvalue weighted by Gasteiger charge is 2.25. The lowest BCUT2D eigenvalue weighted by atomic mass is 9.97. The number of rotatable bonds is 7. The van der Waals surface area contributed by atoms with Crippen molar-refractivity contribution in [2.45, 2.75) is 25.5 Å². The van der Waals surface area contributed by atoms with Crippen LogP contribution in [-0.4, -0.2) is 31.6 Å². The number of hydrogen-bond acceptors (Lipinski definition) is 5. The Morgan fingerprint density at radius 2 is 1.91 bits per heavy atom. The first kappa shape index (κ1) is 23.5. The highest BCUT2D eigenvalue weighted by Crippen LogP contribution is 2.31. The first-order valence-electron chi connectivity index (χ1n) is 11.1. The van der Waals surface area contributed by atoms with Gasteiger partial charge in [-0.15, -0.1) is 0 Å². The van der Waals surface area contributed by atoms with E-state index in [0.29, 0.717) is 29.5 Å². The van der Waals surface area contributed by atoms with Gasteiger partial charge in [-0.2, -0.15) is 0 Å². The Kier molecular flexibility index (Phi) is 6.70. The van der Waals surface area contributed by atoms with E-state index in [4.69, 9.17) is 4.74 Å². The molecule has 1 aliphatic carbocycles. The van der Waals surface area contributed by atoms with Crippen molar-refractivity contribution in [1.82, 2.24) is 10.3 Å². The lowest BCUT2D eigenvalue weighted by molar-refractivity contribution is 0.0958. The first-order valence-corrected chi connectivity index (χ1v) is 12.6. The number of benzene rings is 2. The molecule has 3 aromatic rings. The Labute approximate surface area is 199 Å². The number of carbonyl (C=O) groups excluding carboxylic acids is 1. The number of amides is 1. The van der Waals surface area contributed by atoms with Crippen LogP contribution in [0.4, 0.5) is 5.69 Å². The van der Waals surface area contributed by atoms with E-state index in [-0.39, 0.29) is 11.6 Å². The van der Waals surface area contributed by atoms with Crippen molar-refractivity contribution in [1.29, 1.82) is 0 Å². The molecule has 1 unspecified atom stereocenters. The van der Waals surface area contributed by atoms with Gasteiger partial charge in [0.25, 0.3) is 5.91 Å². The van der Waals surface area contributed by atoms with Gasteiger partial charge in [-0.05, 0) is 53.6 Å². The molecule has 0 bridgehead atoms. The van der Waals surface area contributed by atoms with Crippen LogP contribution in [0.25, 0.3) is 10.8 Å². The number of nitrogens with one attached hydrogen (secondary N) is 2. The fraction of sp³-hybridized carbons (Fsp3) is 0.231. The van der Waals surface area contributed by atoms with Crippen molar-refractivity contribution in [3.63, 3.8) is 0 Å². The number of ether oxygens (including phenoxy) is 1. The molecule has 0 fully saturated rings. The molecule has 7 nitrogen and oxygen atoms in total. The molecule has 1 aromatic heterocycles. The molecule has 1 amide bonds. The zero-order valence-corrected chi connectivity index (χ0v) is 20.1. The van der Waals surface area contributed by atoms with Crippen LogP contribution in [0.3, 0.4) is 0 Å². The van der Waals surface area contributed by atoms with Gasteiger partial charge in [-0.3, -0.25) is 14.5 Å². The summed E-state index contributed by atoms with van der Waals surface area (Å²) in [7, 11) is -2.07. The minimum Gasteiger partial charge on any atom is -0.457 e. The van der Waals surface area contributed by atoms with Crippen LogP contribution in [0.15, 0.2) is 78.5 Å². The molecular weight excluding hydrogens is 450 g/mol. The van der Waals surface area contributed by atoms with Crippen LogP contribution in [-0.2, 0) is 10.0 Å². The number of pyridine rings is 1. The molecule has 176 valence electrons. The van der Waals surface area contributed by atoms with E-state index in [1.807, 2.05) is 30.4 Å². The van der Waals surface area contributed by atoms with Gasteiger partial charge in [-0.25, -0.2) is 8.42 Å². The first-order chi connectivity index (χ1) is 16.3. The topological polar surface area (TPSA) is 97.4 Å². The van der Waals surface area contributed by atoms with Crippen molar-refractivity contribution >= 4 is 32.4 Å². The van der Waals surface area contributed by atoms with E-state index in [2.05, 4.69) is 28.9 Å². The number of sulfonamides is 1. The summed E-state index contributed by atoms with van der Waals surface area (Å²) in [6, 6.07) is 14.1. The maximum atomic E-state index is 13.0. The van der Waals surface area contributed by atoms with Gasteiger partial charge in [0.15, 0.2) is 0 Å². The third-order valence-corrected chi connectivity index (χ3v) is 7.34. The molecule has 0 aliphatic heterocycles. The normalized spacial score (nSPS) is 15.8. The van der Waals surface area contributed by atoms with Crippen LogP contribution in [0, 0.1) is 5.92 Å². The fourth-order valence-corrected chi connectivity index (χ4v) is 5.05. The molecule has 8 heteroatoms. The molecule has 0 saturated carbocycles. The standard InChI is InChI=1S/C26H27N3O4S/c1-17(2)18-7-10-22(11-8-18)34(31,32)29-24-6-4-5-19-15-20(9-12-23(19)24)33-21-13-14-28-25(16-21)26(30)27-3/h4-10,12-17,22,29H,11H2,1-3H3,(H,27,30). The van der Waals surface area contributed by atoms with Crippen molar-refractivity contribution in [2.24, 2.45) is 5.92 Å². The summed E-state index contributed by atoms with van der Waals surface area (Å²) in [6.07, 6.45) is 7.62. The second-order valence-corrected chi connectivity index (χ2v) is 10.3. The number of carbonyl (C=O) groups is 1. The lowest BCUT2D eigenvalue weighted by Crippen LogP contribution is -2.27. The van der Waals surface area contributed by atoms with Crippen LogP contribution < -0.4 is 14.8 Å². The predicted molar refractivity (Wildman–Crippen MR) is 135 cm³/mol. The maximum Gasteiger partial charge on any atom is 0.269 e. The highest BCUT2D eigenvalue weighted by molar-refractivity contribution is 7.93. The number of nitrogens with zero attached hydrogens (tertiary/aromatic N) is 1. The molecule has 4 rings (SSSR count). The van der Waals surface area contributed by atoms with Gasteiger partial charge in [0.1, 0.15) is 22.4 Å². The summed E-state index contributed by atoms with van der Waals surface area (Å²) in [6.45, 7) is 4.18. The number of fused-ring (bicyclic) bond motifs is 1. The summed E-state index contributed by atoms with van der Waals surface area (Å²) in [5, 5.41) is 3.50. The summed E-state index contributed by atoms with van der Waals surface area (Å²) >= 11 is 0. The summed E-state index contributed by atoms with van der Waals surface area (Å²) in [5.41, 5.74) is 1.92. The van der Waals surface area contributed by atoms with Crippen LogP contribution >= 0.6 is 0 Å². The van der Waals surface area contributed by atoms with E-state index < -0.39 is 15.3 Å². The molecule has 2 N–H and O–H groups in total. The minimum atomic E-state index is -3.61. The smallest absolute Gasteiger partial charge is 0.269 e. The number of hydrogen-bond donors (Lipinski definition) is 2. The Morgan fingerprint density at radius 1 is 1.12 bits per heavy atom. The van der Waals surface area contributed by atoms with E-state index in [9.17, 15) is 13.2 Å². The third-order valence-electron chi connectivity index (χ3n) is 5.69. The van der Waals surface area contributed by atoms with Gasteiger partial charge in [0.05, 0.1) is 5.69 Å². The van der Waals surface area contributed by atoms with Crippen LogP contribution in [0.5, 0.6) is 11.5 Å². The molecule has 0 spiro atoms. The van der Waals surface area contributed by atoms with Gasteiger partial charge in [0, 0.05) is 24.7 Å². The molecule has 0 saturated heterocycles. The number of aromatic nitrogens is 1. The zero-order valence-electron chi connectivity index (χ0n) is 19.3. The second kappa shape index (κ2) is 9.69. The number of anilines is 1. The quantitative estimate of drug-likeness (QED) is 0.497. The highest BCUT2D eigenvalue weighted by atomic mass is 32.2. The summed E-state index contributed by atoms with van der Waals surface area (Å²) in [4.78, 5) is 15.8. The van der Waals surface area contributed by atoms with Gasteiger partial charge < -0.3 is 10.1 Å². The minimum absolute atomic E-state index is 0.254.